The Balaban J connectivity index is 4.58. The molecule has 0 aliphatic rings. The van der Waals surface area contributed by atoms with Gasteiger partial charge >= 0.3 is 11.9 Å². The highest BCUT2D eigenvalue weighted by Gasteiger charge is 2.25. The smallest absolute Gasteiger partial charge is 0.305 e. The molecule has 0 aliphatic carbocycles. The summed E-state index contributed by atoms with van der Waals surface area (Å²) in [7, 11) is -2.39. The number of hydrogen-bond donors (Lipinski definition) is 2. The summed E-state index contributed by atoms with van der Waals surface area (Å²) in [6.45, 7) is 5.73. The van der Waals surface area contributed by atoms with E-state index in [-0.39, 0.29) is 30.4 Å². The summed E-state index contributed by atoms with van der Waals surface area (Å²) in [5.41, 5.74) is -0.200. The van der Waals surface area contributed by atoms with Crippen molar-refractivity contribution in [1.29, 1.82) is 0 Å². The van der Waals surface area contributed by atoms with Crippen LogP contribution in [0.15, 0.2) is 0 Å². The van der Waals surface area contributed by atoms with E-state index in [2.05, 4.69) is 9.46 Å². The van der Waals surface area contributed by atoms with E-state index >= 15 is 0 Å². The van der Waals surface area contributed by atoms with E-state index in [9.17, 15) is 18.0 Å². The van der Waals surface area contributed by atoms with Gasteiger partial charge in [-0.1, -0.05) is 20.8 Å². The van der Waals surface area contributed by atoms with Crippen LogP contribution in [0.4, 0.5) is 0 Å². The molecule has 0 heterocycles. The molecule has 0 saturated heterocycles. The highest BCUT2D eigenvalue weighted by Crippen LogP contribution is 2.22. The number of hydrogen-bond acceptors (Lipinski definition) is 5. The van der Waals surface area contributed by atoms with Gasteiger partial charge in [-0.25, -0.2) is 13.1 Å². The van der Waals surface area contributed by atoms with Crippen LogP contribution in [0.1, 0.15) is 46.5 Å². The highest BCUT2D eigenvalue weighted by molar-refractivity contribution is 7.89. The van der Waals surface area contributed by atoms with E-state index in [4.69, 9.17) is 5.11 Å². The Hall–Kier alpha value is -1.15. The summed E-state index contributed by atoms with van der Waals surface area (Å²) in [6.07, 6.45) is 0.292. The average molecular weight is 323 g/mol. The van der Waals surface area contributed by atoms with Crippen LogP contribution in [-0.2, 0) is 24.3 Å². The third-order valence-corrected chi connectivity index (χ3v) is 4.17. The van der Waals surface area contributed by atoms with Gasteiger partial charge in [-0.05, 0) is 18.3 Å². The third kappa shape index (κ3) is 11.2. The van der Waals surface area contributed by atoms with Gasteiger partial charge in [-0.3, -0.25) is 9.59 Å². The Morgan fingerprint density at radius 3 is 2.29 bits per heavy atom. The van der Waals surface area contributed by atoms with Crippen LogP contribution in [0.25, 0.3) is 0 Å². The van der Waals surface area contributed by atoms with E-state index in [1.54, 1.807) is 0 Å². The molecule has 0 saturated carbocycles. The predicted octanol–water partition coefficient (Wildman–Crippen LogP) is 1.14. The van der Waals surface area contributed by atoms with Crippen molar-refractivity contribution in [3.05, 3.63) is 0 Å². The molecule has 0 amide bonds. The minimum absolute atomic E-state index is 0.0142. The van der Waals surface area contributed by atoms with Gasteiger partial charge in [0.1, 0.15) is 0 Å². The average Bonchev–Trinajstić information content (AvgIpc) is 2.24. The number of ether oxygens (including phenoxy) is 1. The predicted molar refractivity (Wildman–Crippen MR) is 78.3 cm³/mol. The van der Waals surface area contributed by atoms with Crippen molar-refractivity contribution in [2.75, 3.05) is 12.9 Å². The number of esters is 1. The SMILES string of the molecule is COC(=O)CCCS(=O)(=O)NC(CC(=O)O)CC(C)(C)C. The Kier molecular flexibility index (Phi) is 7.87. The van der Waals surface area contributed by atoms with Gasteiger partial charge in [0.25, 0.3) is 0 Å². The first-order valence-corrected chi connectivity index (χ1v) is 8.39. The monoisotopic (exact) mass is 323 g/mol. The Morgan fingerprint density at radius 1 is 1.29 bits per heavy atom. The first kappa shape index (κ1) is 19.9. The molecule has 1 atom stereocenters. The van der Waals surface area contributed by atoms with Gasteiger partial charge in [0, 0.05) is 12.5 Å². The summed E-state index contributed by atoms with van der Waals surface area (Å²) >= 11 is 0. The first-order chi connectivity index (χ1) is 9.45. The molecule has 0 bridgehead atoms. The quantitative estimate of drug-likeness (QED) is 0.616. The zero-order valence-corrected chi connectivity index (χ0v) is 13.8. The molecule has 2 N–H and O–H groups in total. The lowest BCUT2D eigenvalue weighted by molar-refractivity contribution is -0.140. The normalized spacial score (nSPS) is 13.7. The second kappa shape index (κ2) is 8.33. The summed E-state index contributed by atoms with van der Waals surface area (Å²) in [5.74, 6) is -1.76. The van der Waals surface area contributed by atoms with Gasteiger partial charge < -0.3 is 9.84 Å². The zero-order valence-electron chi connectivity index (χ0n) is 13.0. The number of sulfonamides is 1. The van der Waals surface area contributed by atoms with Crippen LogP contribution in [0.3, 0.4) is 0 Å². The molecule has 0 aromatic heterocycles. The van der Waals surface area contributed by atoms with Crippen LogP contribution >= 0.6 is 0 Å². The van der Waals surface area contributed by atoms with Crippen LogP contribution in [0.2, 0.25) is 0 Å². The number of carbonyl (C=O) groups excluding carboxylic acids is 1. The minimum Gasteiger partial charge on any atom is -0.481 e. The van der Waals surface area contributed by atoms with Crippen molar-refractivity contribution in [1.82, 2.24) is 4.72 Å². The van der Waals surface area contributed by atoms with Crippen molar-refractivity contribution in [2.24, 2.45) is 5.41 Å². The molecular weight excluding hydrogens is 298 g/mol. The largest absolute Gasteiger partial charge is 0.481 e. The summed E-state index contributed by atoms with van der Waals surface area (Å²) < 4.78 is 30.7. The van der Waals surface area contributed by atoms with E-state index in [1.807, 2.05) is 20.8 Å². The lowest BCUT2D eigenvalue weighted by atomic mass is 9.87. The van der Waals surface area contributed by atoms with Crippen LogP contribution in [-0.4, -0.2) is 44.4 Å². The summed E-state index contributed by atoms with van der Waals surface area (Å²) in [4.78, 5) is 21.8. The molecule has 8 heteroatoms. The zero-order chi connectivity index (χ0) is 16.7. The second-order valence-corrected chi connectivity index (χ2v) is 8.05. The molecule has 0 rings (SSSR count). The minimum atomic E-state index is -3.62. The Bertz CT molecular complexity index is 452. The van der Waals surface area contributed by atoms with Crippen molar-refractivity contribution in [2.45, 2.75) is 52.5 Å². The fraction of sp³-hybridized carbons (Fsp3) is 0.846. The van der Waals surface area contributed by atoms with Crippen molar-refractivity contribution in [3.8, 4) is 0 Å². The molecule has 0 fully saturated rings. The fourth-order valence-electron chi connectivity index (χ4n) is 1.93. The van der Waals surface area contributed by atoms with E-state index < -0.39 is 28.0 Å². The fourth-order valence-corrected chi connectivity index (χ4v) is 3.24. The van der Waals surface area contributed by atoms with Crippen LogP contribution < -0.4 is 4.72 Å². The standard InChI is InChI=1S/C13H25NO6S/c1-13(2,3)9-10(8-11(15)16)14-21(18,19)7-5-6-12(17)20-4/h10,14H,5-9H2,1-4H3,(H,15,16). The molecule has 0 aliphatic heterocycles. The van der Waals surface area contributed by atoms with Crippen molar-refractivity contribution in [3.63, 3.8) is 0 Å². The first-order valence-electron chi connectivity index (χ1n) is 6.74. The van der Waals surface area contributed by atoms with Gasteiger partial charge in [0.2, 0.25) is 10.0 Å². The number of carboxylic acid groups (broad SMARTS) is 1. The van der Waals surface area contributed by atoms with Gasteiger partial charge in [0.05, 0.1) is 19.3 Å². The summed E-state index contributed by atoms with van der Waals surface area (Å²) in [6, 6.07) is -0.661. The van der Waals surface area contributed by atoms with Crippen molar-refractivity contribution >= 4 is 22.0 Å². The van der Waals surface area contributed by atoms with Gasteiger partial charge in [0.15, 0.2) is 0 Å². The molecule has 1 unspecified atom stereocenters. The maximum Gasteiger partial charge on any atom is 0.305 e. The lowest BCUT2D eigenvalue weighted by Crippen LogP contribution is -2.40. The number of carbonyl (C=O) groups is 2. The lowest BCUT2D eigenvalue weighted by Gasteiger charge is -2.25. The van der Waals surface area contributed by atoms with E-state index in [0.29, 0.717) is 6.42 Å². The molecule has 124 valence electrons. The number of carboxylic acids is 1. The third-order valence-electron chi connectivity index (χ3n) is 2.65. The number of methoxy groups -OCH3 is 1. The molecule has 0 spiro atoms. The van der Waals surface area contributed by atoms with E-state index in [0.717, 1.165) is 0 Å². The maximum absolute atomic E-state index is 11.9. The van der Waals surface area contributed by atoms with Gasteiger partial charge in [-0.2, -0.15) is 0 Å². The molecule has 0 radical (unpaired) electrons. The summed E-state index contributed by atoms with van der Waals surface area (Å²) in [5, 5.41) is 8.86. The van der Waals surface area contributed by atoms with Crippen LogP contribution in [0, 0.1) is 5.41 Å². The second-order valence-electron chi connectivity index (χ2n) is 6.18. The number of rotatable bonds is 9. The van der Waals surface area contributed by atoms with Crippen LogP contribution in [0.5, 0.6) is 0 Å². The van der Waals surface area contributed by atoms with E-state index in [1.165, 1.54) is 7.11 Å². The maximum atomic E-state index is 11.9. The molecule has 7 nitrogen and oxygen atoms in total. The van der Waals surface area contributed by atoms with Gasteiger partial charge in [-0.15, -0.1) is 0 Å². The molecular formula is C13H25NO6S. The molecule has 0 aromatic carbocycles. The molecule has 21 heavy (non-hydrogen) atoms. The number of aliphatic carboxylic acids is 1. The highest BCUT2D eigenvalue weighted by atomic mass is 32.2. The topological polar surface area (TPSA) is 110 Å². The Labute approximate surface area is 126 Å². The van der Waals surface area contributed by atoms with Crippen molar-refractivity contribution < 1.29 is 27.9 Å². The number of nitrogens with one attached hydrogen (secondary N) is 1. The molecule has 0 aromatic rings. The Morgan fingerprint density at radius 2 is 1.86 bits per heavy atom.